The van der Waals surface area contributed by atoms with E-state index >= 15 is 0 Å². The number of halogens is 4. The largest absolute Gasteiger partial charge is 0.496 e. The first-order valence-corrected chi connectivity index (χ1v) is 20.7. The van der Waals surface area contributed by atoms with Crippen LogP contribution in [0.3, 0.4) is 0 Å². The van der Waals surface area contributed by atoms with E-state index in [4.69, 9.17) is 9.47 Å². The van der Waals surface area contributed by atoms with Gasteiger partial charge in [0.1, 0.15) is 46.4 Å². The number of fused-ring (bicyclic) bond motifs is 3. The predicted octanol–water partition coefficient (Wildman–Crippen LogP) is 5.12. The Morgan fingerprint density at radius 2 is 1.83 bits per heavy atom. The summed E-state index contributed by atoms with van der Waals surface area (Å²) in [5, 5.41) is 14.2. The normalized spacial score (nSPS) is 28.9. The first kappa shape index (κ1) is 42.9. The number of carboxylic acid groups (broad SMARTS) is 1. The monoisotopic (exact) mass is 839 g/mol. The van der Waals surface area contributed by atoms with Crippen LogP contribution in [0, 0.1) is 17.8 Å². The number of hydrogen-bond acceptors (Lipinski definition) is 9. The number of carbonyl (C=O) groups excluding carboxylic acids is 3. The third kappa shape index (κ3) is 7.77. The summed E-state index contributed by atoms with van der Waals surface area (Å²) in [5.41, 5.74) is -4.90. The van der Waals surface area contributed by atoms with Crippen LogP contribution >= 0.6 is 0 Å². The van der Waals surface area contributed by atoms with Crippen molar-refractivity contribution in [1.29, 1.82) is 0 Å². The van der Waals surface area contributed by atoms with E-state index in [1.54, 1.807) is 36.4 Å². The molecule has 0 spiro atoms. The fourth-order valence-corrected chi connectivity index (χ4v) is 9.75. The molecule has 58 heavy (non-hydrogen) atoms. The molecular formula is C39H49F4N5O9S. The van der Waals surface area contributed by atoms with Gasteiger partial charge in [-0.25, -0.2) is 22.6 Å². The van der Waals surface area contributed by atoms with Crippen LogP contribution < -0.4 is 19.5 Å². The van der Waals surface area contributed by atoms with Crippen LogP contribution in [0.15, 0.2) is 42.6 Å². The van der Waals surface area contributed by atoms with Crippen molar-refractivity contribution in [2.75, 3.05) is 20.3 Å². The van der Waals surface area contributed by atoms with Gasteiger partial charge in [0, 0.05) is 29.3 Å². The van der Waals surface area contributed by atoms with Gasteiger partial charge in [-0.15, -0.1) is 0 Å². The van der Waals surface area contributed by atoms with E-state index in [-0.39, 0.29) is 48.8 Å². The van der Waals surface area contributed by atoms with E-state index in [1.807, 2.05) is 11.6 Å². The average molecular weight is 840 g/mol. The Morgan fingerprint density at radius 1 is 1.12 bits per heavy atom. The number of nitrogens with zero attached hydrogens (tertiary/aromatic N) is 3. The lowest BCUT2D eigenvalue weighted by Crippen LogP contribution is -2.66. The molecule has 2 aliphatic heterocycles. The molecule has 3 fully saturated rings. The van der Waals surface area contributed by atoms with Crippen LogP contribution in [0.1, 0.15) is 72.6 Å². The molecule has 4 aliphatic rings. The topological polar surface area (TPSA) is 185 Å². The maximum Gasteiger partial charge on any atom is 0.411 e. The number of alkyl halides is 4. The molecule has 0 unspecified atom stereocenters. The number of benzene rings is 1. The Bertz CT molecular complexity index is 2100. The fraction of sp³-hybridized carbons (Fsp3) is 0.615. The lowest BCUT2D eigenvalue weighted by atomic mass is 9.85. The van der Waals surface area contributed by atoms with Gasteiger partial charge in [-0.1, -0.05) is 32.1 Å². The highest BCUT2D eigenvalue weighted by molar-refractivity contribution is 7.91. The number of pyridine rings is 1. The maximum atomic E-state index is 15.0. The zero-order chi connectivity index (χ0) is 42.6. The molecule has 14 nitrogen and oxygen atoms in total. The van der Waals surface area contributed by atoms with E-state index in [1.165, 1.54) is 20.2 Å². The molecule has 1 saturated heterocycles. The van der Waals surface area contributed by atoms with Gasteiger partial charge >= 0.3 is 12.3 Å². The third-order valence-electron chi connectivity index (χ3n) is 12.2. The van der Waals surface area contributed by atoms with Crippen molar-refractivity contribution in [3.63, 3.8) is 0 Å². The summed E-state index contributed by atoms with van der Waals surface area (Å²) in [4.78, 5) is 61.8. The van der Waals surface area contributed by atoms with E-state index < -0.39 is 99.1 Å². The Labute approximate surface area is 333 Å². The highest BCUT2D eigenvalue weighted by Gasteiger charge is 2.64. The quantitative estimate of drug-likeness (QED) is 0.226. The summed E-state index contributed by atoms with van der Waals surface area (Å²) >= 11 is 0. The summed E-state index contributed by atoms with van der Waals surface area (Å²) in [7, 11) is -3.02. The van der Waals surface area contributed by atoms with Gasteiger partial charge in [0.2, 0.25) is 27.7 Å². The average Bonchev–Trinajstić information content (AvgIpc) is 4.05. The van der Waals surface area contributed by atoms with Crippen molar-refractivity contribution in [3.05, 3.63) is 42.6 Å². The highest BCUT2D eigenvalue weighted by Crippen LogP contribution is 2.48. The predicted molar refractivity (Wildman–Crippen MR) is 202 cm³/mol. The van der Waals surface area contributed by atoms with Gasteiger partial charge in [-0.3, -0.25) is 24.0 Å². The molecule has 19 heteroatoms. The number of allylic oxidation sites excluding steroid dienone is 1. The zero-order valence-corrected chi connectivity index (χ0v) is 33.7. The Kier molecular flexibility index (Phi) is 11.5. The van der Waals surface area contributed by atoms with Crippen LogP contribution in [0.25, 0.3) is 10.8 Å². The molecule has 318 valence electrons. The van der Waals surface area contributed by atoms with E-state index in [2.05, 4.69) is 10.3 Å². The minimum absolute atomic E-state index is 0.00392. The van der Waals surface area contributed by atoms with Crippen molar-refractivity contribution >= 4 is 44.6 Å². The second-order valence-corrected chi connectivity index (χ2v) is 18.7. The molecule has 6 rings (SSSR count). The smallest absolute Gasteiger partial charge is 0.411 e. The van der Waals surface area contributed by atoms with Crippen molar-refractivity contribution in [1.82, 2.24) is 24.8 Å². The number of carbonyl (C=O) groups is 4. The van der Waals surface area contributed by atoms with Gasteiger partial charge in [0.05, 0.1) is 13.7 Å². The summed E-state index contributed by atoms with van der Waals surface area (Å²) in [6, 6.07) is 3.36. The van der Waals surface area contributed by atoms with Gasteiger partial charge in [0.15, 0.2) is 0 Å². The number of nitrogens with one attached hydrogen (secondary N) is 2. The molecule has 1 aromatic heterocycles. The lowest BCUT2D eigenvalue weighted by Gasteiger charge is -2.45. The summed E-state index contributed by atoms with van der Waals surface area (Å²) in [5.74, 6) is -4.43. The van der Waals surface area contributed by atoms with Crippen LogP contribution in [-0.2, 0) is 24.4 Å². The number of rotatable bonds is 9. The molecule has 3 N–H and O–H groups in total. The Balaban J connectivity index is 1.42. The Hall–Kier alpha value is -4.68. The van der Waals surface area contributed by atoms with E-state index in [9.17, 15) is 50.3 Å². The number of amides is 4. The third-order valence-corrected chi connectivity index (χ3v) is 14.3. The lowest BCUT2D eigenvalue weighted by molar-refractivity contribution is -0.222. The second kappa shape index (κ2) is 15.5. The van der Waals surface area contributed by atoms with Crippen molar-refractivity contribution in [2.45, 2.75) is 113 Å². The van der Waals surface area contributed by atoms with E-state index in [0.29, 0.717) is 43.2 Å². The fourth-order valence-electron chi connectivity index (χ4n) is 8.32. The number of hydrogen-bond donors (Lipinski definition) is 3. The number of sulfonamides is 1. The summed E-state index contributed by atoms with van der Waals surface area (Å²) in [6.07, 6.45) is -2.53. The Morgan fingerprint density at radius 3 is 2.45 bits per heavy atom. The zero-order valence-electron chi connectivity index (χ0n) is 32.8. The molecular weight excluding hydrogens is 791 g/mol. The minimum atomic E-state index is -5.12. The van der Waals surface area contributed by atoms with Crippen molar-refractivity contribution < 1.29 is 59.7 Å². The minimum Gasteiger partial charge on any atom is -0.496 e. The summed E-state index contributed by atoms with van der Waals surface area (Å²) < 4.78 is 96.2. The van der Waals surface area contributed by atoms with E-state index in [0.717, 1.165) is 4.90 Å². The van der Waals surface area contributed by atoms with Crippen LogP contribution in [0.4, 0.5) is 22.4 Å². The molecule has 0 bridgehead atoms. The molecule has 2 aliphatic carbocycles. The van der Waals surface area contributed by atoms with Crippen molar-refractivity contribution in [2.24, 2.45) is 17.8 Å². The number of aromatic nitrogens is 1. The second-order valence-electron chi connectivity index (χ2n) is 16.7. The number of methoxy groups -OCH3 is 1. The first-order valence-electron chi connectivity index (χ1n) is 19.2. The van der Waals surface area contributed by atoms with Crippen LogP contribution in [-0.4, -0.2) is 113 Å². The van der Waals surface area contributed by atoms with Gasteiger partial charge in [-0.05, 0) is 82.4 Å². The first-order chi connectivity index (χ1) is 27.1. The molecule has 0 radical (unpaired) electrons. The summed E-state index contributed by atoms with van der Waals surface area (Å²) in [6.45, 7) is 3.05. The molecule has 7 atom stereocenters. The highest BCUT2D eigenvalue weighted by atomic mass is 32.2. The molecule has 2 saturated carbocycles. The molecule has 1 aromatic carbocycles. The van der Waals surface area contributed by atoms with Gasteiger partial charge < -0.3 is 24.8 Å². The van der Waals surface area contributed by atoms with Gasteiger partial charge in [-0.2, -0.15) is 13.2 Å². The van der Waals surface area contributed by atoms with Crippen LogP contribution in [0.5, 0.6) is 11.6 Å². The molecule has 4 amide bonds. The van der Waals surface area contributed by atoms with Crippen molar-refractivity contribution in [3.8, 4) is 11.6 Å². The van der Waals surface area contributed by atoms with Gasteiger partial charge in [0.25, 0.3) is 5.91 Å². The standard InChI is InChI=1S/C39H49F4N5O9S/c1-22-9-6-7-10-24-19-38(24,34(51)46-58(54,55)37(21-40)14-15-37)45-31(49)28-18-25(57-32-27-11-8-12-29(56-5)26(27)13-16-44-32)20-47(28)33(50)30(23(2)17-22)48(35(52)53)36(3,4)39(41,42)43/h7-8,10-13,16,22-25,28,30H,6,9,14-15,17-21H2,1-5H3,(H,45,49)(H,46,51)(H,52,53)/t22-,23-,24-,25-,28+,30+,38-/m1/s1. The number of ether oxygens (including phenoxy) is 2. The molecule has 3 heterocycles. The molecule has 2 aromatic rings. The SMILES string of the molecule is COc1cccc2c(O[C@@H]3C[C@H]4C(=O)N[C@]5(C(=O)NS(=O)(=O)C6(CF)CC6)C[C@H]5C=CCC[C@@H](C)C[C@@H](C)[C@H](N(C(=O)O)C(C)(C)C(F)(F)F)C(=O)N4C3)nccc12. The maximum absolute atomic E-state index is 15.0. The van der Waals surface area contributed by atoms with Crippen LogP contribution in [0.2, 0.25) is 0 Å².